The molecule has 6 heteroatoms. The van der Waals surface area contributed by atoms with Gasteiger partial charge in [-0.3, -0.25) is 0 Å². The summed E-state index contributed by atoms with van der Waals surface area (Å²) in [6.07, 6.45) is 0. The molecule has 1 unspecified atom stereocenters. The molecule has 16 heavy (non-hydrogen) atoms. The van der Waals surface area contributed by atoms with Crippen LogP contribution in [0.25, 0.3) is 0 Å². The lowest BCUT2D eigenvalue weighted by atomic mass is 10.1. The molecule has 1 atom stereocenters. The Balaban J connectivity index is 3.14. The molecule has 1 heterocycles. The molecule has 0 saturated heterocycles. The van der Waals surface area contributed by atoms with Crippen LogP contribution < -0.4 is 0 Å². The normalized spacial score (nSPS) is 13.1. The van der Waals surface area contributed by atoms with Gasteiger partial charge in [0.2, 0.25) is 0 Å². The molecule has 0 radical (unpaired) electrons. The van der Waals surface area contributed by atoms with Gasteiger partial charge < -0.3 is 9.84 Å². The van der Waals surface area contributed by atoms with Crippen LogP contribution in [0.1, 0.15) is 43.0 Å². The molecular formula is C10H17N3O3. The van der Waals surface area contributed by atoms with Gasteiger partial charge in [0.25, 0.3) is 0 Å². The molecule has 0 spiro atoms. The van der Waals surface area contributed by atoms with Crippen molar-refractivity contribution in [2.24, 2.45) is 5.92 Å². The number of rotatable bonds is 5. The van der Waals surface area contributed by atoms with E-state index >= 15 is 0 Å². The third-order valence-corrected chi connectivity index (χ3v) is 2.63. The van der Waals surface area contributed by atoms with Gasteiger partial charge in [-0.05, 0) is 12.8 Å². The molecule has 0 fully saturated rings. The SMILES string of the molecule is COCc1c(C(=O)O)nnn1C(C)C(C)C. The number of nitrogens with zero attached hydrogens (tertiary/aromatic N) is 3. The van der Waals surface area contributed by atoms with E-state index in [1.165, 1.54) is 7.11 Å². The lowest BCUT2D eigenvalue weighted by molar-refractivity contribution is 0.0684. The van der Waals surface area contributed by atoms with Crippen molar-refractivity contribution in [3.63, 3.8) is 0 Å². The maximum absolute atomic E-state index is 10.9. The second-order valence-corrected chi connectivity index (χ2v) is 4.05. The minimum absolute atomic E-state index is 0.0330. The van der Waals surface area contributed by atoms with Gasteiger partial charge >= 0.3 is 5.97 Å². The van der Waals surface area contributed by atoms with E-state index in [-0.39, 0.29) is 18.3 Å². The minimum Gasteiger partial charge on any atom is -0.476 e. The van der Waals surface area contributed by atoms with E-state index in [2.05, 4.69) is 10.3 Å². The summed E-state index contributed by atoms with van der Waals surface area (Å²) in [4.78, 5) is 10.9. The fourth-order valence-corrected chi connectivity index (χ4v) is 1.36. The van der Waals surface area contributed by atoms with Gasteiger partial charge in [0.15, 0.2) is 5.69 Å². The third-order valence-electron chi connectivity index (χ3n) is 2.63. The Morgan fingerprint density at radius 1 is 1.50 bits per heavy atom. The molecule has 0 aliphatic heterocycles. The van der Waals surface area contributed by atoms with Crippen molar-refractivity contribution in [3.8, 4) is 0 Å². The first-order valence-corrected chi connectivity index (χ1v) is 5.15. The quantitative estimate of drug-likeness (QED) is 0.821. The van der Waals surface area contributed by atoms with Crippen LogP contribution in [0.15, 0.2) is 0 Å². The highest BCUT2D eigenvalue weighted by Gasteiger charge is 2.22. The summed E-state index contributed by atoms with van der Waals surface area (Å²) in [7, 11) is 1.52. The highest BCUT2D eigenvalue weighted by molar-refractivity contribution is 5.86. The molecule has 0 saturated carbocycles. The summed E-state index contributed by atoms with van der Waals surface area (Å²) in [5.41, 5.74) is 0.477. The third kappa shape index (κ3) is 2.38. The van der Waals surface area contributed by atoms with Crippen molar-refractivity contribution in [1.82, 2.24) is 15.0 Å². The molecule has 0 amide bonds. The zero-order valence-electron chi connectivity index (χ0n) is 9.97. The van der Waals surface area contributed by atoms with Crippen LogP contribution in [0.4, 0.5) is 0 Å². The largest absolute Gasteiger partial charge is 0.476 e. The van der Waals surface area contributed by atoms with E-state index in [9.17, 15) is 4.79 Å². The van der Waals surface area contributed by atoms with Crippen LogP contribution in [-0.2, 0) is 11.3 Å². The molecule has 90 valence electrons. The van der Waals surface area contributed by atoms with E-state index in [4.69, 9.17) is 9.84 Å². The van der Waals surface area contributed by atoms with Crippen LogP contribution in [-0.4, -0.2) is 33.2 Å². The maximum Gasteiger partial charge on any atom is 0.358 e. The van der Waals surface area contributed by atoms with Gasteiger partial charge in [0.05, 0.1) is 18.3 Å². The maximum atomic E-state index is 10.9. The summed E-state index contributed by atoms with van der Waals surface area (Å²) < 4.78 is 6.61. The van der Waals surface area contributed by atoms with E-state index in [0.29, 0.717) is 11.6 Å². The molecule has 0 aliphatic carbocycles. The van der Waals surface area contributed by atoms with E-state index < -0.39 is 5.97 Å². The van der Waals surface area contributed by atoms with Gasteiger partial charge in [-0.15, -0.1) is 5.10 Å². The monoisotopic (exact) mass is 227 g/mol. The first kappa shape index (κ1) is 12.6. The molecule has 0 aromatic carbocycles. The molecular weight excluding hydrogens is 210 g/mol. The Bertz CT molecular complexity index is 373. The number of carbonyl (C=O) groups is 1. The summed E-state index contributed by atoms with van der Waals surface area (Å²) in [5, 5.41) is 16.5. The molecule has 0 bridgehead atoms. The Labute approximate surface area is 94.2 Å². The first-order valence-electron chi connectivity index (χ1n) is 5.15. The zero-order valence-corrected chi connectivity index (χ0v) is 9.97. The van der Waals surface area contributed by atoms with Crippen molar-refractivity contribution in [1.29, 1.82) is 0 Å². The average Bonchev–Trinajstić information content (AvgIpc) is 2.61. The Hall–Kier alpha value is -1.43. The van der Waals surface area contributed by atoms with Crippen molar-refractivity contribution < 1.29 is 14.6 Å². The number of ether oxygens (including phenoxy) is 1. The molecule has 1 aromatic rings. The van der Waals surface area contributed by atoms with Crippen molar-refractivity contribution in [2.75, 3.05) is 7.11 Å². The van der Waals surface area contributed by atoms with Crippen LogP contribution in [0.3, 0.4) is 0 Å². The molecule has 1 rings (SSSR count). The fraction of sp³-hybridized carbons (Fsp3) is 0.700. The van der Waals surface area contributed by atoms with Crippen LogP contribution >= 0.6 is 0 Å². The lowest BCUT2D eigenvalue weighted by Crippen LogP contribution is -2.17. The van der Waals surface area contributed by atoms with E-state index in [1.54, 1.807) is 4.68 Å². The lowest BCUT2D eigenvalue weighted by Gasteiger charge is -2.17. The van der Waals surface area contributed by atoms with Gasteiger partial charge in [-0.25, -0.2) is 9.48 Å². The number of methoxy groups -OCH3 is 1. The van der Waals surface area contributed by atoms with E-state index in [1.807, 2.05) is 20.8 Å². The summed E-state index contributed by atoms with van der Waals surface area (Å²) in [6, 6.07) is 0.0887. The molecule has 1 aromatic heterocycles. The predicted molar refractivity (Wildman–Crippen MR) is 57.2 cm³/mol. The highest BCUT2D eigenvalue weighted by atomic mass is 16.5. The fourth-order valence-electron chi connectivity index (χ4n) is 1.36. The van der Waals surface area contributed by atoms with Crippen molar-refractivity contribution in [3.05, 3.63) is 11.4 Å². The van der Waals surface area contributed by atoms with Gasteiger partial charge in [0.1, 0.15) is 0 Å². The minimum atomic E-state index is -1.07. The van der Waals surface area contributed by atoms with Crippen LogP contribution in [0.2, 0.25) is 0 Å². The topological polar surface area (TPSA) is 77.2 Å². The van der Waals surface area contributed by atoms with Crippen LogP contribution in [0.5, 0.6) is 0 Å². The smallest absolute Gasteiger partial charge is 0.358 e. The Morgan fingerprint density at radius 2 is 2.12 bits per heavy atom. The Kier molecular flexibility index (Phi) is 4.00. The van der Waals surface area contributed by atoms with Crippen LogP contribution in [0, 0.1) is 5.92 Å². The standard InChI is InChI=1S/C10H17N3O3/c1-6(2)7(3)13-8(5-16-4)9(10(14)15)11-12-13/h6-7H,5H2,1-4H3,(H,14,15). The number of hydrogen-bond acceptors (Lipinski definition) is 4. The van der Waals surface area contributed by atoms with E-state index in [0.717, 1.165) is 0 Å². The summed E-state index contributed by atoms with van der Waals surface area (Å²) in [5.74, 6) is -0.729. The number of carboxylic acids is 1. The highest BCUT2D eigenvalue weighted by Crippen LogP contribution is 2.19. The summed E-state index contributed by atoms with van der Waals surface area (Å²) >= 11 is 0. The number of carboxylic acid groups (broad SMARTS) is 1. The predicted octanol–water partition coefficient (Wildman–Crippen LogP) is 1.34. The van der Waals surface area contributed by atoms with Crippen molar-refractivity contribution in [2.45, 2.75) is 33.4 Å². The average molecular weight is 227 g/mol. The number of hydrogen-bond donors (Lipinski definition) is 1. The molecule has 0 aliphatic rings. The van der Waals surface area contributed by atoms with Gasteiger partial charge in [-0.1, -0.05) is 19.1 Å². The van der Waals surface area contributed by atoms with Crippen molar-refractivity contribution >= 4 is 5.97 Å². The molecule has 6 nitrogen and oxygen atoms in total. The first-order chi connectivity index (χ1) is 7.49. The second-order valence-electron chi connectivity index (χ2n) is 4.05. The second kappa shape index (κ2) is 5.07. The zero-order chi connectivity index (χ0) is 12.3. The van der Waals surface area contributed by atoms with Gasteiger partial charge in [-0.2, -0.15) is 0 Å². The Morgan fingerprint density at radius 3 is 2.56 bits per heavy atom. The summed E-state index contributed by atoms with van der Waals surface area (Å²) in [6.45, 7) is 6.27. The number of aromatic carboxylic acids is 1. The van der Waals surface area contributed by atoms with Gasteiger partial charge in [0, 0.05) is 7.11 Å². The number of aromatic nitrogens is 3. The molecule has 1 N–H and O–H groups in total.